The monoisotopic (exact) mass is 290 g/mol. The number of hydrogen-bond acceptors (Lipinski definition) is 3. The molecule has 2 rings (SSSR count). The van der Waals surface area contributed by atoms with Crippen LogP contribution in [0.1, 0.15) is 42.6 Å². The maximum Gasteiger partial charge on any atom is 0.251 e. The first-order chi connectivity index (χ1) is 10.1. The molecule has 1 amide bonds. The number of aryl methyl sites for hydroxylation is 1. The van der Waals surface area contributed by atoms with Crippen LogP contribution in [0.15, 0.2) is 18.2 Å². The van der Waals surface area contributed by atoms with Gasteiger partial charge in [0.1, 0.15) is 0 Å². The lowest BCUT2D eigenvalue weighted by Gasteiger charge is -2.15. The van der Waals surface area contributed by atoms with Gasteiger partial charge in [-0.25, -0.2) is 0 Å². The molecule has 1 fully saturated rings. The summed E-state index contributed by atoms with van der Waals surface area (Å²) in [5, 5.41) is 6.38. The third kappa shape index (κ3) is 4.21. The van der Waals surface area contributed by atoms with Crippen LogP contribution in [0, 0.1) is 12.8 Å². The van der Waals surface area contributed by atoms with Crippen LogP contribution in [-0.2, 0) is 4.74 Å². The highest BCUT2D eigenvalue weighted by Crippen LogP contribution is 2.20. The zero-order valence-electron chi connectivity index (χ0n) is 13.2. The van der Waals surface area contributed by atoms with Gasteiger partial charge in [-0.15, -0.1) is 0 Å². The van der Waals surface area contributed by atoms with Crippen LogP contribution in [0.25, 0.3) is 0 Å². The Balaban J connectivity index is 1.91. The van der Waals surface area contributed by atoms with Crippen LogP contribution in [0.5, 0.6) is 0 Å². The van der Waals surface area contributed by atoms with E-state index in [0.717, 1.165) is 42.8 Å². The van der Waals surface area contributed by atoms with Crippen LogP contribution >= 0.6 is 0 Å². The normalized spacial score (nSPS) is 21.3. The number of carbonyl (C=O) groups excluding carboxylic acids is 1. The minimum atomic E-state index is -0.000702. The molecule has 1 aliphatic heterocycles. The predicted octanol–water partition coefficient (Wildman–Crippen LogP) is 2.97. The van der Waals surface area contributed by atoms with Gasteiger partial charge in [-0.05, 0) is 50.5 Å². The average Bonchev–Trinajstić information content (AvgIpc) is 2.88. The van der Waals surface area contributed by atoms with Gasteiger partial charge in [-0.3, -0.25) is 4.79 Å². The summed E-state index contributed by atoms with van der Waals surface area (Å²) in [5.74, 6) is 0.430. The van der Waals surface area contributed by atoms with Crippen LogP contribution < -0.4 is 10.6 Å². The minimum Gasteiger partial charge on any atom is -0.385 e. The molecule has 116 valence electrons. The van der Waals surface area contributed by atoms with Gasteiger partial charge in [-0.1, -0.05) is 6.92 Å². The van der Waals surface area contributed by atoms with E-state index >= 15 is 0 Å². The Labute approximate surface area is 127 Å². The van der Waals surface area contributed by atoms with Crippen LogP contribution in [-0.4, -0.2) is 31.7 Å². The molecular formula is C17H26N2O2. The summed E-state index contributed by atoms with van der Waals surface area (Å²) in [6, 6.07) is 5.82. The van der Waals surface area contributed by atoms with E-state index in [0.29, 0.717) is 12.5 Å². The van der Waals surface area contributed by atoms with E-state index in [1.807, 2.05) is 25.1 Å². The number of rotatable bonds is 6. The molecule has 1 aliphatic rings. The fraction of sp³-hybridized carbons (Fsp3) is 0.588. The van der Waals surface area contributed by atoms with Crippen LogP contribution in [0.2, 0.25) is 0 Å². The first kappa shape index (κ1) is 15.8. The van der Waals surface area contributed by atoms with E-state index in [-0.39, 0.29) is 12.0 Å². The zero-order chi connectivity index (χ0) is 15.2. The topological polar surface area (TPSA) is 50.4 Å². The largest absolute Gasteiger partial charge is 0.385 e. The van der Waals surface area contributed by atoms with Crippen molar-refractivity contribution in [3.63, 3.8) is 0 Å². The van der Waals surface area contributed by atoms with Gasteiger partial charge in [-0.2, -0.15) is 0 Å². The van der Waals surface area contributed by atoms with Crippen molar-refractivity contribution in [3.05, 3.63) is 29.3 Å². The van der Waals surface area contributed by atoms with Crippen molar-refractivity contribution in [2.75, 3.05) is 25.0 Å². The predicted molar refractivity (Wildman–Crippen MR) is 85.8 cm³/mol. The third-order valence-electron chi connectivity index (χ3n) is 4.11. The molecule has 0 aliphatic carbocycles. The molecule has 0 bridgehead atoms. The Morgan fingerprint density at radius 2 is 2.24 bits per heavy atom. The maximum atomic E-state index is 12.2. The first-order valence-electron chi connectivity index (χ1n) is 7.86. The second-order valence-corrected chi connectivity index (χ2v) is 5.79. The molecule has 1 heterocycles. The van der Waals surface area contributed by atoms with Gasteiger partial charge in [0, 0.05) is 36.9 Å². The summed E-state index contributed by atoms with van der Waals surface area (Å²) in [6.45, 7) is 8.68. The zero-order valence-corrected chi connectivity index (χ0v) is 13.2. The number of benzene rings is 1. The van der Waals surface area contributed by atoms with Crippen molar-refractivity contribution in [1.29, 1.82) is 0 Å². The lowest BCUT2D eigenvalue weighted by Crippen LogP contribution is -2.32. The summed E-state index contributed by atoms with van der Waals surface area (Å²) in [5.41, 5.74) is 2.93. The quantitative estimate of drug-likeness (QED) is 0.847. The molecule has 0 aromatic heterocycles. The maximum absolute atomic E-state index is 12.2. The molecule has 4 nitrogen and oxygen atoms in total. The smallest absolute Gasteiger partial charge is 0.251 e. The van der Waals surface area contributed by atoms with E-state index < -0.39 is 0 Å². The standard InChI is InChI=1S/C17H26N2O2/c1-4-8-18-16-6-5-14(10-12(16)2)17(20)19-11-15-7-9-21-13(15)3/h5-6,10,13,15,18H,4,7-9,11H2,1-3H3,(H,19,20). The number of anilines is 1. The highest BCUT2D eigenvalue weighted by molar-refractivity contribution is 5.94. The van der Waals surface area contributed by atoms with Gasteiger partial charge in [0.05, 0.1) is 6.10 Å². The van der Waals surface area contributed by atoms with Gasteiger partial charge in [0.25, 0.3) is 5.91 Å². The summed E-state index contributed by atoms with van der Waals surface area (Å²) in [4.78, 5) is 12.2. The van der Waals surface area contributed by atoms with Crippen molar-refractivity contribution in [2.45, 2.75) is 39.7 Å². The third-order valence-corrected chi connectivity index (χ3v) is 4.11. The Hall–Kier alpha value is -1.55. The second kappa shape index (κ2) is 7.46. The molecule has 2 N–H and O–H groups in total. The summed E-state index contributed by atoms with van der Waals surface area (Å²) >= 11 is 0. The number of amides is 1. The fourth-order valence-electron chi connectivity index (χ4n) is 2.63. The summed E-state index contributed by atoms with van der Waals surface area (Å²) in [6.07, 6.45) is 2.36. The molecule has 1 saturated heterocycles. The molecule has 21 heavy (non-hydrogen) atoms. The first-order valence-corrected chi connectivity index (χ1v) is 7.86. The number of ether oxygens (including phenoxy) is 1. The Morgan fingerprint density at radius 3 is 2.86 bits per heavy atom. The van der Waals surface area contributed by atoms with E-state index in [9.17, 15) is 4.79 Å². The molecule has 0 saturated carbocycles. The van der Waals surface area contributed by atoms with Crippen molar-refractivity contribution in [1.82, 2.24) is 5.32 Å². The summed E-state index contributed by atoms with van der Waals surface area (Å²) < 4.78 is 5.52. The molecule has 2 atom stereocenters. The molecule has 0 spiro atoms. The molecule has 0 radical (unpaired) electrons. The lowest BCUT2D eigenvalue weighted by atomic mass is 10.0. The Kier molecular flexibility index (Phi) is 5.62. The van der Waals surface area contributed by atoms with E-state index in [4.69, 9.17) is 4.74 Å². The van der Waals surface area contributed by atoms with Gasteiger partial charge in [0.15, 0.2) is 0 Å². The van der Waals surface area contributed by atoms with E-state index in [1.165, 1.54) is 0 Å². The van der Waals surface area contributed by atoms with E-state index in [1.54, 1.807) is 0 Å². The minimum absolute atomic E-state index is 0.000702. The number of nitrogens with one attached hydrogen (secondary N) is 2. The Morgan fingerprint density at radius 1 is 1.43 bits per heavy atom. The summed E-state index contributed by atoms with van der Waals surface area (Å²) in [7, 11) is 0. The molecule has 1 aromatic carbocycles. The van der Waals surface area contributed by atoms with Crippen LogP contribution in [0.4, 0.5) is 5.69 Å². The van der Waals surface area contributed by atoms with Crippen molar-refractivity contribution < 1.29 is 9.53 Å². The molecule has 1 aromatic rings. The molecular weight excluding hydrogens is 264 g/mol. The fourth-order valence-corrected chi connectivity index (χ4v) is 2.63. The second-order valence-electron chi connectivity index (χ2n) is 5.79. The van der Waals surface area contributed by atoms with Crippen LogP contribution in [0.3, 0.4) is 0 Å². The van der Waals surface area contributed by atoms with Gasteiger partial charge >= 0.3 is 0 Å². The van der Waals surface area contributed by atoms with Crippen molar-refractivity contribution >= 4 is 11.6 Å². The van der Waals surface area contributed by atoms with E-state index in [2.05, 4.69) is 24.5 Å². The van der Waals surface area contributed by atoms with Crippen molar-refractivity contribution in [2.24, 2.45) is 5.92 Å². The molecule has 4 heteroatoms. The SMILES string of the molecule is CCCNc1ccc(C(=O)NCC2CCOC2C)cc1C. The molecule has 2 unspecified atom stereocenters. The Bertz CT molecular complexity index is 488. The number of carbonyl (C=O) groups is 1. The average molecular weight is 290 g/mol. The van der Waals surface area contributed by atoms with Crippen molar-refractivity contribution in [3.8, 4) is 0 Å². The lowest BCUT2D eigenvalue weighted by molar-refractivity contribution is 0.0907. The highest BCUT2D eigenvalue weighted by atomic mass is 16.5. The highest BCUT2D eigenvalue weighted by Gasteiger charge is 2.24. The van der Waals surface area contributed by atoms with Gasteiger partial charge < -0.3 is 15.4 Å². The number of hydrogen-bond donors (Lipinski definition) is 2. The van der Waals surface area contributed by atoms with Gasteiger partial charge in [0.2, 0.25) is 0 Å².